The fourth-order valence-electron chi connectivity index (χ4n) is 5.68. The summed E-state index contributed by atoms with van der Waals surface area (Å²) in [6.07, 6.45) is 4.97. The van der Waals surface area contributed by atoms with Gasteiger partial charge in [-0.2, -0.15) is 0 Å². The normalized spacial score (nSPS) is 26.9. The van der Waals surface area contributed by atoms with Gasteiger partial charge in [-0.1, -0.05) is 43.2 Å². The zero-order valence-corrected chi connectivity index (χ0v) is 18.4. The number of nitrogens with zero attached hydrogens (tertiary/aromatic N) is 2. The molecule has 1 heterocycles. The fraction of sp³-hybridized carbons (Fsp3) is 0.538. The number of piperidine rings is 1. The Hall–Kier alpha value is -1.91. The van der Waals surface area contributed by atoms with Crippen molar-refractivity contribution in [3.05, 3.63) is 65.5 Å². The van der Waals surface area contributed by atoms with Crippen LogP contribution in [-0.2, 0) is 6.54 Å². The number of hydrogen-bond donors (Lipinski definition) is 1. The molecule has 162 valence electrons. The Kier molecular flexibility index (Phi) is 6.45. The molecule has 0 radical (unpaired) electrons. The number of hydrogen-bond acceptors (Lipinski definition) is 3. The van der Waals surface area contributed by atoms with Crippen LogP contribution in [-0.4, -0.2) is 35.2 Å². The average Bonchev–Trinajstić information content (AvgIpc) is 2.77. The van der Waals surface area contributed by atoms with Crippen LogP contribution in [0, 0.1) is 11.7 Å². The highest BCUT2D eigenvalue weighted by Gasteiger charge is 2.48. The molecular weight excluding hydrogens is 375 g/mol. The van der Waals surface area contributed by atoms with E-state index in [1.54, 1.807) is 12.1 Å². The van der Waals surface area contributed by atoms with Crippen molar-refractivity contribution in [2.75, 3.05) is 24.5 Å². The van der Waals surface area contributed by atoms with Crippen LogP contribution < -0.4 is 4.90 Å². The first-order chi connectivity index (χ1) is 14.6. The number of halogens is 1. The first-order valence-corrected chi connectivity index (χ1v) is 11.6. The second-order valence-corrected chi connectivity index (χ2v) is 8.98. The standard InChI is InChI=1S/C26H35FN2O/c1-3-28(4-2)22-14-12-20(13-15-22)25-23-10-7-8-16-26(23,30)17-18-29(25)19-21-9-5-6-11-24(21)27/h5-6,9,11-15,23,25,30H,3-4,7-8,10,16-19H2,1-2H3/t23-,25+,26+/m0/s1. The summed E-state index contributed by atoms with van der Waals surface area (Å²) >= 11 is 0. The highest BCUT2D eigenvalue weighted by atomic mass is 19.1. The first kappa shape index (κ1) is 21.3. The summed E-state index contributed by atoms with van der Waals surface area (Å²) in [7, 11) is 0. The van der Waals surface area contributed by atoms with Crippen LogP contribution in [0.1, 0.15) is 63.1 Å². The molecule has 2 fully saturated rings. The number of aliphatic hydroxyl groups is 1. The monoisotopic (exact) mass is 410 g/mol. The van der Waals surface area contributed by atoms with Crippen molar-refractivity contribution in [1.29, 1.82) is 0 Å². The summed E-state index contributed by atoms with van der Waals surface area (Å²) < 4.78 is 14.4. The van der Waals surface area contributed by atoms with E-state index in [4.69, 9.17) is 0 Å². The third kappa shape index (κ3) is 4.13. The third-order valence-corrected chi connectivity index (χ3v) is 7.37. The molecule has 0 bridgehead atoms. The van der Waals surface area contributed by atoms with Crippen LogP contribution in [0.5, 0.6) is 0 Å². The van der Waals surface area contributed by atoms with Crippen LogP contribution in [0.25, 0.3) is 0 Å². The van der Waals surface area contributed by atoms with E-state index in [-0.39, 0.29) is 17.8 Å². The Labute approximate surface area is 180 Å². The van der Waals surface area contributed by atoms with E-state index in [9.17, 15) is 9.50 Å². The highest BCUT2D eigenvalue weighted by molar-refractivity contribution is 5.48. The van der Waals surface area contributed by atoms with Crippen molar-refractivity contribution in [2.24, 2.45) is 5.92 Å². The summed E-state index contributed by atoms with van der Waals surface area (Å²) in [6.45, 7) is 7.71. The Morgan fingerprint density at radius 3 is 2.47 bits per heavy atom. The third-order valence-electron chi connectivity index (χ3n) is 7.37. The first-order valence-electron chi connectivity index (χ1n) is 11.6. The van der Waals surface area contributed by atoms with E-state index in [2.05, 4.69) is 47.9 Å². The van der Waals surface area contributed by atoms with E-state index in [0.717, 1.165) is 57.3 Å². The zero-order chi connectivity index (χ0) is 21.1. The van der Waals surface area contributed by atoms with Gasteiger partial charge in [0.2, 0.25) is 0 Å². The average molecular weight is 411 g/mol. The van der Waals surface area contributed by atoms with Crippen molar-refractivity contribution in [3.8, 4) is 0 Å². The minimum Gasteiger partial charge on any atom is -0.389 e. The lowest BCUT2D eigenvalue weighted by Crippen LogP contribution is -2.54. The molecule has 4 rings (SSSR count). The minimum absolute atomic E-state index is 0.120. The summed E-state index contributed by atoms with van der Waals surface area (Å²) in [5.41, 5.74) is 2.63. The van der Waals surface area contributed by atoms with Gasteiger partial charge in [0, 0.05) is 49.4 Å². The predicted octanol–water partition coefficient (Wildman–Crippen LogP) is 5.54. The van der Waals surface area contributed by atoms with Crippen LogP contribution in [0.15, 0.2) is 48.5 Å². The van der Waals surface area contributed by atoms with Crippen LogP contribution in [0.4, 0.5) is 10.1 Å². The van der Waals surface area contributed by atoms with Crippen LogP contribution in [0.3, 0.4) is 0 Å². The van der Waals surface area contributed by atoms with Crippen molar-refractivity contribution in [2.45, 2.75) is 64.1 Å². The SMILES string of the molecule is CCN(CC)c1ccc([C@@H]2[C@@H]3CCCC[C@@]3(O)CCN2Cc2ccccc2F)cc1. The van der Waals surface area contributed by atoms with Crippen LogP contribution >= 0.6 is 0 Å². The Morgan fingerprint density at radius 2 is 1.77 bits per heavy atom. The van der Waals surface area contributed by atoms with Crippen LogP contribution in [0.2, 0.25) is 0 Å². The maximum Gasteiger partial charge on any atom is 0.127 e. The van der Waals surface area contributed by atoms with E-state index in [0.29, 0.717) is 6.54 Å². The van der Waals surface area contributed by atoms with Gasteiger partial charge in [0.1, 0.15) is 5.82 Å². The fourth-order valence-corrected chi connectivity index (χ4v) is 5.68. The Bertz CT molecular complexity index is 835. The van der Waals surface area contributed by atoms with Gasteiger partial charge in [-0.25, -0.2) is 4.39 Å². The van der Waals surface area contributed by atoms with Gasteiger partial charge in [-0.05, 0) is 56.9 Å². The lowest BCUT2D eigenvalue weighted by atomic mass is 9.66. The molecule has 0 amide bonds. The highest BCUT2D eigenvalue weighted by Crippen LogP contribution is 2.49. The summed E-state index contributed by atoms with van der Waals surface area (Å²) in [6, 6.07) is 16.1. The van der Waals surface area contributed by atoms with Crippen molar-refractivity contribution in [1.82, 2.24) is 4.90 Å². The number of anilines is 1. The van der Waals surface area contributed by atoms with Gasteiger partial charge in [-0.3, -0.25) is 4.90 Å². The van der Waals surface area contributed by atoms with Gasteiger partial charge in [-0.15, -0.1) is 0 Å². The molecule has 0 aromatic heterocycles. The molecule has 3 atom stereocenters. The maximum absolute atomic E-state index is 14.4. The predicted molar refractivity (Wildman–Crippen MR) is 121 cm³/mol. The quantitative estimate of drug-likeness (QED) is 0.677. The molecule has 2 aliphatic rings. The van der Waals surface area contributed by atoms with E-state index in [1.165, 1.54) is 11.3 Å². The second-order valence-electron chi connectivity index (χ2n) is 8.98. The topological polar surface area (TPSA) is 26.7 Å². The molecule has 2 aromatic carbocycles. The van der Waals surface area contributed by atoms with E-state index < -0.39 is 5.60 Å². The molecule has 30 heavy (non-hydrogen) atoms. The molecule has 0 unspecified atom stereocenters. The number of benzene rings is 2. The smallest absolute Gasteiger partial charge is 0.127 e. The molecule has 1 saturated carbocycles. The van der Waals surface area contributed by atoms with Crippen molar-refractivity contribution in [3.63, 3.8) is 0 Å². The minimum atomic E-state index is -0.591. The van der Waals surface area contributed by atoms with Gasteiger partial charge >= 0.3 is 0 Å². The van der Waals surface area contributed by atoms with Crippen molar-refractivity contribution < 1.29 is 9.50 Å². The molecule has 1 N–H and O–H groups in total. The van der Waals surface area contributed by atoms with Gasteiger partial charge < -0.3 is 10.0 Å². The summed E-state index contributed by atoms with van der Waals surface area (Å²) in [5.74, 6) is 0.0590. The molecular formula is C26H35FN2O. The Balaban J connectivity index is 1.67. The molecule has 1 saturated heterocycles. The van der Waals surface area contributed by atoms with Gasteiger partial charge in [0.25, 0.3) is 0 Å². The summed E-state index contributed by atoms with van der Waals surface area (Å²) in [4.78, 5) is 4.74. The molecule has 0 spiro atoms. The Morgan fingerprint density at radius 1 is 1.03 bits per heavy atom. The lowest BCUT2D eigenvalue weighted by molar-refractivity contribution is -0.126. The number of fused-ring (bicyclic) bond motifs is 1. The lowest BCUT2D eigenvalue weighted by Gasteiger charge is -2.53. The molecule has 4 heteroatoms. The van der Waals surface area contributed by atoms with Gasteiger partial charge in [0.05, 0.1) is 5.60 Å². The summed E-state index contributed by atoms with van der Waals surface area (Å²) in [5, 5.41) is 11.5. The van der Waals surface area contributed by atoms with Crippen molar-refractivity contribution >= 4 is 5.69 Å². The molecule has 1 aliphatic carbocycles. The number of rotatable bonds is 6. The zero-order valence-electron chi connectivity index (χ0n) is 18.4. The number of likely N-dealkylation sites (tertiary alicyclic amines) is 1. The molecule has 1 aliphatic heterocycles. The second kappa shape index (κ2) is 9.07. The van der Waals surface area contributed by atoms with Gasteiger partial charge in [0.15, 0.2) is 0 Å². The largest absolute Gasteiger partial charge is 0.389 e. The molecule has 2 aromatic rings. The van der Waals surface area contributed by atoms with E-state index >= 15 is 0 Å². The maximum atomic E-state index is 14.4. The molecule has 3 nitrogen and oxygen atoms in total. The van der Waals surface area contributed by atoms with E-state index in [1.807, 2.05) is 12.1 Å².